The third-order valence-electron chi connectivity index (χ3n) is 4.38. The van der Waals surface area contributed by atoms with E-state index in [4.69, 9.17) is 5.73 Å². The highest BCUT2D eigenvalue weighted by Crippen LogP contribution is 2.24. The number of nitrogens with two attached hydrogens (primary N) is 1. The molecule has 1 aromatic rings. The molecular formula is C16H28N4O. The van der Waals surface area contributed by atoms with Crippen LogP contribution in [0.5, 0.6) is 0 Å². The molecule has 0 unspecified atom stereocenters. The Balaban J connectivity index is 2.28. The van der Waals surface area contributed by atoms with Crippen LogP contribution in [0.4, 0.5) is 5.82 Å². The van der Waals surface area contributed by atoms with Crippen molar-refractivity contribution in [2.75, 3.05) is 18.0 Å². The first kappa shape index (κ1) is 16.0. The van der Waals surface area contributed by atoms with Gasteiger partial charge in [0.1, 0.15) is 0 Å². The van der Waals surface area contributed by atoms with E-state index < -0.39 is 0 Å². The highest BCUT2D eigenvalue weighted by atomic mass is 16.1. The summed E-state index contributed by atoms with van der Waals surface area (Å²) >= 11 is 0. The SMILES string of the molecule is CCn1ccnc(N(CCCN)C2CCCCCC2)c1=O. The monoisotopic (exact) mass is 292 g/mol. The molecule has 1 aromatic heterocycles. The molecule has 0 spiro atoms. The fraction of sp³-hybridized carbons (Fsp3) is 0.750. The van der Waals surface area contributed by atoms with Crippen molar-refractivity contribution in [3.05, 3.63) is 22.7 Å². The van der Waals surface area contributed by atoms with Gasteiger partial charge in [0.15, 0.2) is 5.82 Å². The largest absolute Gasteiger partial charge is 0.349 e. The zero-order valence-electron chi connectivity index (χ0n) is 13.1. The third-order valence-corrected chi connectivity index (χ3v) is 4.38. The molecular weight excluding hydrogens is 264 g/mol. The van der Waals surface area contributed by atoms with Crippen molar-refractivity contribution in [1.82, 2.24) is 9.55 Å². The Hall–Kier alpha value is -1.36. The summed E-state index contributed by atoms with van der Waals surface area (Å²) in [7, 11) is 0. The van der Waals surface area contributed by atoms with E-state index in [0.717, 1.165) is 25.8 Å². The number of aryl methyl sites for hydroxylation is 1. The summed E-state index contributed by atoms with van der Waals surface area (Å²) in [4.78, 5) is 19.2. The number of aromatic nitrogens is 2. The first-order valence-electron chi connectivity index (χ1n) is 8.30. The average Bonchev–Trinajstić information content (AvgIpc) is 2.78. The van der Waals surface area contributed by atoms with E-state index in [-0.39, 0.29) is 5.56 Å². The lowest BCUT2D eigenvalue weighted by atomic mass is 10.1. The van der Waals surface area contributed by atoms with Crippen LogP contribution in [0.25, 0.3) is 0 Å². The lowest BCUT2D eigenvalue weighted by molar-refractivity contribution is 0.510. The van der Waals surface area contributed by atoms with Crippen LogP contribution in [-0.4, -0.2) is 28.7 Å². The average molecular weight is 292 g/mol. The van der Waals surface area contributed by atoms with Crippen LogP contribution in [0.3, 0.4) is 0 Å². The van der Waals surface area contributed by atoms with E-state index >= 15 is 0 Å². The van der Waals surface area contributed by atoms with Crippen LogP contribution < -0.4 is 16.2 Å². The number of hydrogen-bond donors (Lipinski definition) is 1. The molecule has 1 aliphatic rings. The predicted molar refractivity (Wildman–Crippen MR) is 86.7 cm³/mol. The quantitative estimate of drug-likeness (QED) is 0.816. The second-order valence-corrected chi connectivity index (χ2v) is 5.82. The van der Waals surface area contributed by atoms with Crippen LogP contribution >= 0.6 is 0 Å². The Morgan fingerprint density at radius 2 is 2.05 bits per heavy atom. The fourth-order valence-corrected chi connectivity index (χ4v) is 3.17. The summed E-state index contributed by atoms with van der Waals surface area (Å²) in [5, 5.41) is 0. The zero-order chi connectivity index (χ0) is 15.1. The maximum Gasteiger partial charge on any atom is 0.293 e. The summed E-state index contributed by atoms with van der Waals surface area (Å²) < 4.78 is 1.73. The van der Waals surface area contributed by atoms with Crippen LogP contribution in [0.1, 0.15) is 51.9 Å². The number of nitrogens with zero attached hydrogens (tertiary/aromatic N) is 3. The van der Waals surface area contributed by atoms with Gasteiger partial charge in [-0.1, -0.05) is 25.7 Å². The van der Waals surface area contributed by atoms with Crippen LogP contribution in [-0.2, 0) is 6.54 Å². The Kier molecular flexibility index (Phi) is 6.23. The van der Waals surface area contributed by atoms with Gasteiger partial charge in [-0.25, -0.2) is 4.98 Å². The normalized spacial score (nSPS) is 16.7. The van der Waals surface area contributed by atoms with Crippen LogP contribution in [0.2, 0.25) is 0 Å². The molecule has 5 heteroatoms. The van der Waals surface area contributed by atoms with Crippen molar-refractivity contribution in [2.24, 2.45) is 5.73 Å². The third kappa shape index (κ3) is 4.06. The van der Waals surface area contributed by atoms with Crippen LogP contribution in [0.15, 0.2) is 17.2 Å². The van der Waals surface area contributed by atoms with Crippen molar-refractivity contribution in [3.8, 4) is 0 Å². The number of anilines is 1. The van der Waals surface area contributed by atoms with Gasteiger partial charge in [-0.05, 0) is 32.7 Å². The van der Waals surface area contributed by atoms with E-state index in [1.54, 1.807) is 17.0 Å². The van der Waals surface area contributed by atoms with Gasteiger partial charge in [0.25, 0.3) is 5.56 Å². The maximum absolute atomic E-state index is 12.6. The molecule has 1 fully saturated rings. The molecule has 1 heterocycles. The molecule has 0 amide bonds. The highest BCUT2D eigenvalue weighted by molar-refractivity contribution is 5.37. The van der Waals surface area contributed by atoms with Gasteiger partial charge in [0, 0.05) is 31.5 Å². The van der Waals surface area contributed by atoms with E-state index in [1.165, 1.54) is 25.7 Å². The standard InChI is InChI=1S/C16H28N4O/c1-2-19-13-11-18-15(16(19)21)20(12-7-10-17)14-8-5-3-4-6-9-14/h11,13-14H,2-10,12,17H2,1H3. The minimum atomic E-state index is 0.0290. The molecule has 2 N–H and O–H groups in total. The van der Waals surface area contributed by atoms with Crippen LogP contribution in [0, 0.1) is 0 Å². The minimum Gasteiger partial charge on any atom is -0.349 e. The Morgan fingerprint density at radius 1 is 1.33 bits per heavy atom. The van der Waals surface area contributed by atoms with Gasteiger partial charge >= 0.3 is 0 Å². The predicted octanol–water partition coefficient (Wildman–Crippen LogP) is 2.14. The summed E-state index contributed by atoms with van der Waals surface area (Å²) in [5.41, 5.74) is 5.71. The van der Waals surface area contributed by atoms with Crippen molar-refractivity contribution >= 4 is 5.82 Å². The molecule has 0 aliphatic heterocycles. The molecule has 0 bridgehead atoms. The lowest BCUT2D eigenvalue weighted by Crippen LogP contribution is -2.41. The van der Waals surface area contributed by atoms with Gasteiger partial charge < -0.3 is 15.2 Å². The van der Waals surface area contributed by atoms with Crippen molar-refractivity contribution in [1.29, 1.82) is 0 Å². The summed E-state index contributed by atoms with van der Waals surface area (Å²) in [6.07, 6.45) is 11.8. The van der Waals surface area contributed by atoms with Gasteiger partial charge in [-0.15, -0.1) is 0 Å². The van der Waals surface area contributed by atoms with E-state index in [0.29, 0.717) is 24.9 Å². The van der Waals surface area contributed by atoms with Gasteiger partial charge in [0.05, 0.1) is 0 Å². The Bertz CT molecular complexity index is 477. The second-order valence-electron chi connectivity index (χ2n) is 5.82. The first-order valence-corrected chi connectivity index (χ1v) is 8.30. The van der Waals surface area contributed by atoms with Crippen molar-refractivity contribution in [2.45, 2.75) is 64.5 Å². The molecule has 2 rings (SSSR count). The Morgan fingerprint density at radius 3 is 2.67 bits per heavy atom. The van der Waals surface area contributed by atoms with Gasteiger partial charge in [-0.3, -0.25) is 4.79 Å². The Labute approximate surface area is 127 Å². The molecule has 118 valence electrons. The van der Waals surface area contributed by atoms with Crippen molar-refractivity contribution < 1.29 is 0 Å². The number of hydrogen-bond acceptors (Lipinski definition) is 4. The summed E-state index contributed by atoms with van der Waals surface area (Å²) in [6.45, 7) is 4.15. The maximum atomic E-state index is 12.6. The molecule has 0 saturated heterocycles. The van der Waals surface area contributed by atoms with Crippen molar-refractivity contribution in [3.63, 3.8) is 0 Å². The number of rotatable bonds is 6. The summed E-state index contributed by atoms with van der Waals surface area (Å²) in [6, 6.07) is 0.437. The first-order chi connectivity index (χ1) is 10.3. The van der Waals surface area contributed by atoms with E-state index in [9.17, 15) is 4.79 Å². The molecule has 5 nitrogen and oxygen atoms in total. The van der Waals surface area contributed by atoms with E-state index in [2.05, 4.69) is 9.88 Å². The molecule has 1 aliphatic carbocycles. The molecule has 21 heavy (non-hydrogen) atoms. The van der Waals surface area contributed by atoms with E-state index in [1.807, 2.05) is 6.92 Å². The fourth-order valence-electron chi connectivity index (χ4n) is 3.17. The zero-order valence-corrected chi connectivity index (χ0v) is 13.1. The molecule has 1 saturated carbocycles. The smallest absolute Gasteiger partial charge is 0.293 e. The second kappa shape index (κ2) is 8.17. The topological polar surface area (TPSA) is 64.2 Å². The van der Waals surface area contributed by atoms with Gasteiger partial charge in [0.2, 0.25) is 0 Å². The molecule has 0 radical (unpaired) electrons. The van der Waals surface area contributed by atoms with Gasteiger partial charge in [-0.2, -0.15) is 0 Å². The summed E-state index contributed by atoms with van der Waals surface area (Å²) in [5.74, 6) is 0.611. The highest BCUT2D eigenvalue weighted by Gasteiger charge is 2.23. The minimum absolute atomic E-state index is 0.0290. The molecule has 0 atom stereocenters. The molecule has 0 aromatic carbocycles. The lowest BCUT2D eigenvalue weighted by Gasteiger charge is -2.32.